The second-order valence-corrected chi connectivity index (χ2v) is 1.85. The van der Waals surface area contributed by atoms with Gasteiger partial charge in [0.2, 0.25) is 0 Å². The van der Waals surface area contributed by atoms with Gasteiger partial charge in [-0.1, -0.05) is 0 Å². The first kappa shape index (κ1) is 9.65. The van der Waals surface area contributed by atoms with Crippen LogP contribution in [0.5, 0.6) is 0 Å². The van der Waals surface area contributed by atoms with E-state index in [1.807, 2.05) is 0 Å². The van der Waals surface area contributed by atoms with E-state index in [4.69, 9.17) is 0 Å². The molecule has 5 heteroatoms. The Bertz CT molecular complexity index is 94.7. The number of hydrogen-bond acceptors (Lipinski definition) is 0. The zero-order valence-corrected chi connectivity index (χ0v) is 4.96. The summed E-state index contributed by atoms with van der Waals surface area (Å²) in [5.74, 6) is 0. The third kappa shape index (κ3) is 4.52. The third-order valence-corrected chi connectivity index (χ3v) is 0.819. The lowest BCUT2D eigenvalue weighted by Crippen LogP contribution is -2.22. The van der Waals surface area contributed by atoms with E-state index in [9.17, 15) is 22.0 Å². The third-order valence-electron chi connectivity index (χ3n) is 0.819. The Morgan fingerprint density at radius 3 is 1.70 bits per heavy atom. The van der Waals surface area contributed by atoms with Crippen LogP contribution in [0.25, 0.3) is 0 Å². The number of halogens is 5. The quantitative estimate of drug-likeness (QED) is 0.545. The average Bonchev–Trinajstić information content (AvgIpc) is 1.60. The molecule has 2 unspecified atom stereocenters. The largest absolute Gasteiger partial charge is 0.392 e. The van der Waals surface area contributed by atoms with Crippen molar-refractivity contribution in [1.29, 1.82) is 0 Å². The van der Waals surface area contributed by atoms with Gasteiger partial charge in [-0.2, -0.15) is 13.2 Å². The van der Waals surface area contributed by atoms with Crippen LogP contribution in [0.2, 0.25) is 0 Å². The standard InChI is InChI=1S/C5H6F5/c1-3(6)4(7)2-5(8,9)10/h3-4H,1-2H2. The number of rotatable bonds is 2. The lowest BCUT2D eigenvalue weighted by atomic mass is 10.2. The summed E-state index contributed by atoms with van der Waals surface area (Å²) in [7, 11) is 0. The van der Waals surface area contributed by atoms with Crippen LogP contribution in [0.4, 0.5) is 22.0 Å². The van der Waals surface area contributed by atoms with Gasteiger partial charge in [0, 0.05) is 0 Å². The summed E-state index contributed by atoms with van der Waals surface area (Å²) in [6.07, 6.45) is -11.3. The summed E-state index contributed by atoms with van der Waals surface area (Å²) < 4.78 is 57.2. The number of alkyl halides is 5. The zero-order chi connectivity index (χ0) is 8.36. The fourth-order valence-corrected chi connectivity index (χ4v) is 0.349. The molecule has 0 rings (SSSR count). The normalized spacial score (nSPS) is 18.6. The Kier molecular flexibility index (Phi) is 3.05. The van der Waals surface area contributed by atoms with Crippen LogP contribution >= 0.6 is 0 Å². The molecule has 0 saturated carbocycles. The average molecular weight is 161 g/mol. The number of hydrogen-bond donors (Lipinski definition) is 0. The lowest BCUT2D eigenvalue weighted by molar-refractivity contribution is -0.149. The molecule has 2 atom stereocenters. The molecule has 0 bridgehead atoms. The van der Waals surface area contributed by atoms with Crippen LogP contribution < -0.4 is 0 Å². The van der Waals surface area contributed by atoms with Crippen LogP contribution in [0.3, 0.4) is 0 Å². The molecule has 0 fully saturated rings. The van der Waals surface area contributed by atoms with Gasteiger partial charge >= 0.3 is 6.18 Å². The van der Waals surface area contributed by atoms with Gasteiger partial charge in [-0.3, -0.25) is 0 Å². The molecule has 0 spiro atoms. The molecule has 0 aromatic heterocycles. The van der Waals surface area contributed by atoms with Gasteiger partial charge in [0.15, 0.2) is 0 Å². The molecule has 1 radical (unpaired) electrons. The van der Waals surface area contributed by atoms with Gasteiger partial charge in [-0.25, -0.2) is 8.78 Å². The van der Waals surface area contributed by atoms with Gasteiger partial charge in [0.1, 0.15) is 12.3 Å². The molecular weight excluding hydrogens is 155 g/mol. The van der Waals surface area contributed by atoms with Crippen molar-refractivity contribution in [2.45, 2.75) is 24.9 Å². The molecule has 0 aromatic carbocycles. The van der Waals surface area contributed by atoms with Crippen molar-refractivity contribution >= 4 is 0 Å². The fourth-order valence-electron chi connectivity index (χ4n) is 0.349. The molecule has 10 heavy (non-hydrogen) atoms. The minimum absolute atomic E-state index is 1.77. The second-order valence-electron chi connectivity index (χ2n) is 1.85. The highest BCUT2D eigenvalue weighted by atomic mass is 19.4. The zero-order valence-electron chi connectivity index (χ0n) is 4.96. The summed E-state index contributed by atoms with van der Waals surface area (Å²) in [6.45, 7) is 2.48. The molecule has 0 heterocycles. The Hall–Kier alpha value is -0.350. The van der Waals surface area contributed by atoms with Crippen LogP contribution in [-0.2, 0) is 0 Å². The Labute approximate surface area is 55.0 Å². The van der Waals surface area contributed by atoms with Gasteiger partial charge in [-0.15, -0.1) is 0 Å². The Balaban J connectivity index is 3.68. The van der Waals surface area contributed by atoms with Crippen molar-refractivity contribution in [2.24, 2.45) is 0 Å². The second kappa shape index (κ2) is 3.16. The first-order chi connectivity index (χ1) is 4.33. The molecule has 0 aromatic rings. The van der Waals surface area contributed by atoms with Gasteiger partial charge < -0.3 is 0 Å². The van der Waals surface area contributed by atoms with Crippen molar-refractivity contribution in [3.63, 3.8) is 0 Å². The Morgan fingerprint density at radius 2 is 1.60 bits per heavy atom. The monoisotopic (exact) mass is 161 g/mol. The van der Waals surface area contributed by atoms with E-state index in [-0.39, 0.29) is 0 Å². The molecule has 0 aliphatic heterocycles. The van der Waals surface area contributed by atoms with Gasteiger partial charge in [0.25, 0.3) is 0 Å². The van der Waals surface area contributed by atoms with E-state index >= 15 is 0 Å². The van der Waals surface area contributed by atoms with Crippen molar-refractivity contribution in [3.8, 4) is 0 Å². The van der Waals surface area contributed by atoms with E-state index in [1.165, 1.54) is 0 Å². The molecule has 0 amide bonds. The van der Waals surface area contributed by atoms with Crippen molar-refractivity contribution in [1.82, 2.24) is 0 Å². The summed E-state index contributed by atoms with van der Waals surface area (Å²) in [4.78, 5) is 0. The van der Waals surface area contributed by atoms with Crippen molar-refractivity contribution in [2.75, 3.05) is 0 Å². The molecule has 0 nitrogen and oxygen atoms in total. The van der Waals surface area contributed by atoms with E-state index in [0.29, 0.717) is 0 Å². The van der Waals surface area contributed by atoms with Crippen LogP contribution in [-0.4, -0.2) is 18.5 Å². The van der Waals surface area contributed by atoms with E-state index in [1.54, 1.807) is 0 Å². The van der Waals surface area contributed by atoms with Crippen LogP contribution in [0.1, 0.15) is 6.42 Å². The fraction of sp³-hybridized carbons (Fsp3) is 0.800. The molecular formula is C5H6F5. The molecule has 0 aliphatic rings. The maximum Gasteiger partial charge on any atom is 0.392 e. The molecule has 61 valence electrons. The predicted octanol–water partition coefficient (Wildman–Crippen LogP) is 2.45. The van der Waals surface area contributed by atoms with Gasteiger partial charge in [-0.05, 0) is 6.92 Å². The maximum atomic E-state index is 11.9. The molecule has 0 N–H and O–H groups in total. The first-order valence-electron chi connectivity index (χ1n) is 2.51. The summed E-state index contributed by atoms with van der Waals surface area (Å²) in [5, 5.41) is 0. The van der Waals surface area contributed by atoms with E-state index in [0.717, 1.165) is 0 Å². The molecule has 0 aliphatic carbocycles. The van der Waals surface area contributed by atoms with Crippen molar-refractivity contribution in [3.05, 3.63) is 6.92 Å². The highest BCUT2D eigenvalue weighted by Gasteiger charge is 2.34. The van der Waals surface area contributed by atoms with E-state index < -0.39 is 24.9 Å². The lowest BCUT2D eigenvalue weighted by Gasteiger charge is -2.10. The minimum atomic E-state index is -4.65. The topological polar surface area (TPSA) is 0 Å². The van der Waals surface area contributed by atoms with Crippen LogP contribution in [0, 0.1) is 6.92 Å². The van der Waals surface area contributed by atoms with Crippen LogP contribution in [0.15, 0.2) is 0 Å². The SMILES string of the molecule is [CH2]C(F)C(F)CC(F)(F)F. The van der Waals surface area contributed by atoms with E-state index in [2.05, 4.69) is 6.92 Å². The van der Waals surface area contributed by atoms with Crippen molar-refractivity contribution < 1.29 is 22.0 Å². The Morgan fingerprint density at radius 1 is 1.20 bits per heavy atom. The molecule has 0 saturated heterocycles. The first-order valence-corrected chi connectivity index (χ1v) is 2.51. The minimum Gasteiger partial charge on any atom is -0.244 e. The highest BCUT2D eigenvalue weighted by molar-refractivity contribution is 4.72. The summed E-state index contributed by atoms with van der Waals surface area (Å²) in [6, 6.07) is 0. The maximum absolute atomic E-state index is 11.9. The smallest absolute Gasteiger partial charge is 0.244 e. The highest BCUT2D eigenvalue weighted by Crippen LogP contribution is 2.24. The summed E-state index contributed by atoms with van der Waals surface area (Å²) >= 11 is 0. The summed E-state index contributed by atoms with van der Waals surface area (Å²) in [5.41, 5.74) is 0. The predicted molar refractivity (Wildman–Crippen MR) is 25.8 cm³/mol. The van der Waals surface area contributed by atoms with Gasteiger partial charge in [0.05, 0.1) is 6.42 Å².